The number of methoxy groups -OCH3 is 1. The molecule has 9 nitrogen and oxygen atoms in total. The number of halogens is 2. The highest BCUT2D eigenvalue weighted by molar-refractivity contribution is 14.1. The molecule has 4 bridgehead atoms. The maximum Gasteiger partial charge on any atom is 0.335 e. The van der Waals surface area contributed by atoms with Gasteiger partial charge < -0.3 is 14.8 Å². The first-order valence-electron chi connectivity index (χ1n) is 15.7. The van der Waals surface area contributed by atoms with Gasteiger partial charge in [0.15, 0.2) is 18.1 Å². The van der Waals surface area contributed by atoms with Crippen molar-refractivity contribution in [3.63, 3.8) is 0 Å². The normalized spacial score (nSPS) is 25.6. The van der Waals surface area contributed by atoms with Crippen molar-refractivity contribution in [2.24, 2.45) is 17.8 Å². The van der Waals surface area contributed by atoms with E-state index in [9.17, 15) is 23.6 Å². The standard InChI is InChI=1S/C36H33FIN3O6/c1-46-30-15-20(14-29(38)32(30)47-19-31(42)39-26-6-4-25(37)5-7-26)13-28-33(43)40-35(45)41(34(28)44)27-8-2-24(3-9-27)36-16-21-10-22(17-36)12-23(11-21)18-36/h2-9,13-15,21-23H,10-12,16-19H2,1H3,(H,39,42)(H,40,43,45)/b28-13+. The van der Waals surface area contributed by atoms with Crippen LogP contribution in [-0.4, -0.2) is 37.5 Å². The molecule has 1 aliphatic heterocycles. The Morgan fingerprint density at radius 2 is 1.64 bits per heavy atom. The molecule has 1 saturated heterocycles. The molecule has 5 aliphatic rings. The lowest BCUT2D eigenvalue weighted by Gasteiger charge is -2.57. The summed E-state index contributed by atoms with van der Waals surface area (Å²) in [4.78, 5) is 52.9. The van der Waals surface area contributed by atoms with E-state index in [1.807, 2.05) is 34.7 Å². The van der Waals surface area contributed by atoms with Crippen molar-refractivity contribution >= 4 is 63.8 Å². The zero-order chi connectivity index (χ0) is 32.9. The lowest BCUT2D eigenvalue weighted by Crippen LogP contribution is -2.54. The van der Waals surface area contributed by atoms with Gasteiger partial charge in [-0.2, -0.15) is 0 Å². The molecule has 8 rings (SSSR count). The molecule has 2 N–H and O–H groups in total. The van der Waals surface area contributed by atoms with Gasteiger partial charge >= 0.3 is 6.03 Å². The Bertz CT molecular complexity index is 1770. The summed E-state index contributed by atoms with van der Waals surface area (Å²) in [6.45, 7) is -0.343. The average molecular weight is 750 g/mol. The monoisotopic (exact) mass is 749 g/mol. The smallest absolute Gasteiger partial charge is 0.335 e. The van der Waals surface area contributed by atoms with Gasteiger partial charge in [-0.05, 0) is 150 Å². The zero-order valence-electron chi connectivity index (χ0n) is 25.7. The number of imide groups is 2. The van der Waals surface area contributed by atoms with Crippen LogP contribution in [0.4, 0.5) is 20.6 Å². The van der Waals surface area contributed by atoms with E-state index >= 15 is 0 Å². The molecule has 0 aromatic heterocycles. The van der Waals surface area contributed by atoms with Gasteiger partial charge in [0.05, 0.1) is 16.4 Å². The molecule has 4 saturated carbocycles. The van der Waals surface area contributed by atoms with Gasteiger partial charge in [-0.3, -0.25) is 19.7 Å². The molecule has 0 unspecified atom stereocenters. The summed E-state index contributed by atoms with van der Waals surface area (Å²) in [5.41, 5.74) is 2.52. The Hall–Kier alpha value is -4.26. The van der Waals surface area contributed by atoms with Crippen molar-refractivity contribution < 1.29 is 33.0 Å². The van der Waals surface area contributed by atoms with Crippen LogP contribution in [0.25, 0.3) is 6.08 Å². The molecule has 3 aromatic carbocycles. The molecule has 11 heteroatoms. The highest BCUT2D eigenvalue weighted by Crippen LogP contribution is 2.60. The first-order chi connectivity index (χ1) is 22.6. The highest BCUT2D eigenvalue weighted by Gasteiger charge is 2.51. The first-order valence-corrected chi connectivity index (χ1v) is 16.8. The number of anilines is 2. The number of nitrogens with zero attached hydrogens (tertiary/aromatic N) is 1. The minimum atomic E-state index is -0.798. The van der Waals surface area contributed by atoms with Gasteiger partial charge in [0.1, 0.15) is 11.4 Å². The Labute approximate surface area is 285 Å². The van der Waals surface area contributed by atoms with Gasteiger partial charge in [-0.25, -0.2) is 14.1 Å². The third kappa shape index (κ3) is 6.13. The second-order valence-corrected chi connectivity index (χ2v) is 14.2. The van der Waals surface area contributed by atoms with Crippen molar-refractivity contribution in [1.82, 2.24) is 5.32 Å². The Balaban J connectivity index is 1.08. The van der Waals surface area contributed by atoms with E-state index in [1.54, 1.807) is 12.1 Å². The van der Waals surface area contributed by atoms with Crippen molar-refractivity contribution in [3.8, 4) is 11.5 Å². The second kappa shape index (κ2) is 12.4. The first kappa shape index (κ1) is 31.3. The van der Waals surface area contributed by atoms with Crippen LogP contribution in [-0.2, 0) is 19.8 Å². The lowest BCUT2D eigenvalue weighted by atomic mass is 9.48. The van der Waals surface area contributed by atoms with Gasteiger partial charge in [-0.1, -0.05) is 12.1 Å². The molecule has 5 fully saturated rings. The van der Waals surface area contributed by atoms with E-state index in [2.05, 4.69) is 22.8 Å². The number of barbiturate groups is 1. The van der Waals surface area contributed by atoms with E-state index in [0.29, 0.717) is 26.3 Å². The third-order valence-corrected chi connectivity index (χ3v) is 10.7. The van der Waals surface area contributed by atoms with Crippen LogP contribution in [0.1, 0.15) is 49.7 Å². The van der Waals surface area contributed by atoms with Crippen molar-refractivity contribution in [1.29, 1.82) is 0 Å². The predicted molar refractivity (Wildman–Crippen MR) is 182 cm³/mol. The zero-order valence-corrected chi connectivity index (χ0v) is 27.8. The Morgan fingerprint density at radius 1 is 1.00 bits per heavy atom. The third-order valence-electron chi connectivity index (χ3n) is 9.92. The molecule has 5 amide bonds. The molecule has 3 aromatic rings. The summed E-state index contributed by atoms with van der Waals surface area (Å²) in [6, 6.07) is 15.5. The minimum absolute atomic E-state index is 0.181. The molecule has 0 spiro atoms. The Morgan fingerprint density at radius 3 is 2.26 bits per heavy atom. The molecule has 4 aliphatic carbocycles. The van der Waals surface area contributed by atoms with Crippen molar-refractivity contribution in [3.05, 3.63) is 86.8 Å². The molecular weight excluding hydrogens is 716 g/mol. The summed E-state index contributed by atoms with van der Waals surface area (Å²) >= 11 is 2.01. The van der Waals surface area contributed by atoms with E-state index in [4.69, 9.17) is 9.47 Å². The average Bonchev–Trinajstić information content (AvgIpc) is 3.03. The number of hydrogen-bond acceptors (Lipinski definition) is 6. The molecular formula is C36H33FIN3O6. The van der Waals surface area contributed by atoms with Crippen LogP contribution in [0.5, 0.6) is 11.5 Å². The van der Waals surface area contributed by atoms with Gasteiger partial charge in [-0.15, -0.1) is 0 Å². The minimum Gasteiger partial charge on any atom is -0.493 e. The molecule has 0 atom stereocenters. The fourth-order valence-corrected chi connectivity index (χ4v) is 9.10. The van der Waals surface area contributed by atoms with Crippen LogP contribution in [0.15, 0.2) is 66.2 Å². The van der Waals surface area contributed by atoms with Gasteiger partial charge in [0, 0.05) is 5.69 Å². The maximum absolute atomic E-state index is 13.7. The summed E-state index contributed by atoms with van der Waals surface area (Å²) in [7, 11) is 1.43. The van der Waals surface area contributed by atoms with E-state index in [-0.39, 0.29) is 23.3 Å². The molecule has 1 heterocycles. The van der Waals surface area contributed by atoms with E-state index < -0.39 is 29.6 Å². The van der Waals surface area contributed by atoms with E-state index in [1.165, 1.54) is 81.5 Å². The number of rotatable bonds is 8. The number of amides is 5. The molecule has 47 heavy (non-hydrogen) atoms. The van der Waals surface area contributed by atoms with Crippen LogP contribution in [0.2, 0.25) is 0 Å². The van der Waals surface area contributed by atoms with Gasteiger partial charge in [0.2, 0.25) is 0 Å². The van der Waals surface area contributed by atoms with Gasteiger partial charge in [0.25, 0.3) is 17.7 Å². The number of hydrogen-bond donors (Lipinski definition) is 2. The number of benzene rings is 3. The van der Waals surface area contributed by atoms with Crippen LogP contribution in [0, 0.1) is 27.1 Å². The number of ether oxygens (including phenoxy) is 2. The van der Waals surface area contributed by atoms with Crippen LogP contribution < -0.4 is 25.0 Å². The lowest BCUT2D eigenvalue weighted by molar-refractivity contribution is -0.122. The van der Waals surface area contributed by atoms with Crippen molar-refractivity contribution in [2.75, 3.05) is 23.9 Å². The summed E-state index contributed by atoms with van der Waals surface area (Å²) in [5.74, 6) is 0.551. The Kier molecular flexibility index (Phi) is 8.27. The summed E-state index contributed by atoms with van der Waals surface area (Å²) < 4.78 is 25.0. The topological polar surface area (TPSA) is 114 Å². The second-order valence-electron chi connectivity index (χ2n) is 13.1. The van der Waals surface area contributed by atoms with Crippen LogP contribution in [0.3, 0.4) is 0 Å². The SMILES string of the molecule is COc1cc(/C=C2\C(=O)NC(=O)N(c3ccc(C45CC6CC(CC(C6)C4)C5)cc3)C2=O)cc(I)c1OCC(=O)Nc1ccc(F)cc1. The number of nitrogens with one attached hydrogen (secondary N) is 2. The quantitative estimate of drug-likeness (QED) is 0.153. The molecule has 0 radical (unpaired) electrons. The predicted octanol–water partition coefficient (Wildman–Crippen LogP) is 6.59. The summed E-state index contributed by atoms with van der Waals surface area (Å²) in [5, 5.41) is 4.93. The number of carbonyl (C=O) groups is 4. The molecule has 242 valence electrons. The van der Waals surface area contributed by atoms with E-state index in [0.717, 1.165) is 22.7 Å². The fourth-order valence-electron chi connectivity index (χ4n) is 8.32. The van der Waals surface area contributed by atoms with Crippen LogP contribution >= 0.6 is 22.6 Å². The fraction of sp³-hybridized carbons (Fsp3) is 0.333. The number of carbonyl (C=O) groups excluding carboxylic acids is 4. The highest BCUT2D eigenvalue weighted by atomic mass is 127. The largest absolute Gasteiger partial charge is 0.493 e. The number of urea groups is 1. The summed E-state index contributed by atoms with van der Waals surface area (Å²) in [6.07, 6.45) is 9.06. The maximum atomic E-state index is 13.7. The van der Waals surface area contributed by atoms with Crippen molar-refractivity contribution in [2.45, 2.75) is 43.9 Å².